The Morgan fingerprint density at radius 1 is 1.15 bits per heavy atom. The van der Waals surface area contributed by atoms with Gasteiger partial charge in [-0.25, -0.2) is 0 Å². The Hall–Kier alpha value is -1.72. The molecule has 1 aliphatic rings. The topological polar surface area (TPSA) is 49.9 Å². The highest BCUT2D eigenvalue weighted by atomic mass is 16.5. The molecule has 0 bridgehead atoms. The highest BCUT2D eigenvalue weighted by Gasteiger charge is 2.31. The first-order valence-electron chi connectivity index (χ1n) is 9.45. The second kappa shape index (κ2) is 8.78. The van der Waals surface area contributed by atoms with Crippen molar-refractivity contribution in [2.75, 3.05) is 39.9 Å². The van der Waals surface area contributed by atoms with Gasteiger partial charge in [0.05, 0.1) is 6.61 Å². The Morgan fingerprint density at radius 3 is 2.35 bits per heavy atom. The van der Waals surface area contributed by atoms with Gasteiger partial charge in [-0.05, 0) is 17.4 Å². The Kier molecular flexibility index (Phi) is 6.95. The normalized spacial score (nSPS) is 18.8. The molecule has 1 unspecified atom stereocenters. The van der Waals surface area contributed by atoms with Crippen molar-refractivity contribution in [2.45, 2.75) is 45.6 Å². The first-order valence-corrected chi connectivity index (χ1v) is 9.45. The zero-order valence-electron chi connectivity index (χ0n) is 16.7. The van der Waals surface area contributed by atoms with Crippen LogP contribution in [0.3, 0.4) is 0 Å². The quantitative estimate of drug-likeness (QED) is 0.578. The maximum Gasteiger partial charge on any atom is 0.295 e. The van der Waals surface area contributed by atoms with Crippen LogP contribution < -0.4 is 0 Å². The number of carbonyl (C=O) groups is 2. The molecule has 1 aliphatic heterocycles. The highest BCUT2D eigenvalue weighted by Crippen LogP contribution is 2.22. The Labute approximate surface area is 157 Å². The van der Waals surface area contributed by atoms with E-state index in [1.165, 1.54) is 0 Å². The van der Waals surface area contributed by atoms with Gasteiger partial charge in [0.2, 0.25) is 5.78 Å². The zero-order valence-corrected chi connectivity index (χ0v) is 16.7. The number of methoxy groups -OCH3 is 1. The molecular formula is C21H32N2O3. The van der Waals surface area contributed by atoms with E-state index < -0.39 is 11.7 Å². The van der Waals surface area contributed by atoms with Crippen molar-refractivity contribution >= 4 is 11.7 Å². The summed E-state index contributed by atoms with van der Waals surface area (Å²) in [7, 11) is 1.70. The molecule has 144 valence electrons. The molecule has 1 heterocycles. The van der Waals surface area contributed by atoms with Crippen molar-refractivity contribution in [1.82, 2.24) is 9.80 Å². The lowest BCUT2D eigenvalue weighted by molar-refractivity contribution is -0.129. The number of carbonyl (C=O) groups excluding carboxylic acids is 2. The second-order valence-corrected chi connectivity index (χ2v) is 8.00. The number of hydrogen-bond acceptors (Lipinski definition) is 4. The molecule has 0 aromatic heterocycles. The minimum atomic E-state index is -0.411. The van der Waals surface area contributed by atoms with Crippen molar-refractivity contribution in [3.05, 3.63) is 35.4 Å². The monoisotopic (exact) mass is 360 g/mol. The molecule has 5 nitrogen and oxygen atoms in total. The zero-order chi connectivity index (χ0) is 19.3. The lowest BCUT2D eigenvalue weighted by Gasteiger charge is -2.40. The van der Waals surface area contributed by atoms with E-state index >= 15 is 0 Å². The Balaban J connectivity index is 2.03. The van der Waals surface area contributed by atoms with Crippen LogP contribution in [0.25, 0.3) is 0 Å². The van der Waals surface area contributed by atoms with Crippen LogP contribution in [0.4, 0.5) is 0 Å². The van der Waals surface area contributed by atoms with Gasteiger partial charge in [0.15, 0.2) is 0 Å². The molecule has 1 amide bonds. The molecule has 2 rings (SSSR count). The summed E-state index contributed by atoms with van der Waals surface area (Å²) in [4.78, 5) is 29.4. The molecule has 0 N–H and O–H groups in total. The Bertz CT molecular complexity index is 619. The predicted molar refractivity (Wildman–Crippen MR) is 104 cm³/mol. The average molecular weight is 360 g/mol. The fourth-order valence-electron chi connectivity index (χ4n) is 3.36. The molecular weight excluding hydrogens is 328 g/mol. The van der Waals surface area contributed by atoms with Gasteiger partial charge in [-0.15, -0.1) is 0 Å². The number of ether oxygens (including phenoxy) is 1. The van der Waals surface area contributed by atoms with Gasteiger partial charge in [0.1, 0.15) is 0 Å². The van der Waals surface area contributed by atoms with Gasteiger partial charge in [-0.3, -0.25) is 14.5 Å². The molecule has 1 saturated heterocycles. The van der Waals surface area contributed by atoms with Crippen molar-refractivity contribution in [2.24, 2.45) is 0 Å². The Morgan fingerprint density at radius 2 is 1.81 bits per heavy atom. The summed E-state index contributed by atoms with van der Waals surface area (Å²) in [6.45, 7) is 12.0. The van der Waals surface area contributed by atoms with Gasteiger partial charge in [-0.1, -0.05) is 52.0 Å². The third kappa shape index (κ3) is 4.92. The van der Waals surface area contributed by atoms with Crippen LogP contribution in [-0.4, -0.2) is 67.4 Å². The molecule has 26 heavy (non-hydrogen) atoms. The van der Waals surface area contributed by atoms with Gasteiger partial charge in [0.25, 0.3) is 5.91 Å². The smallest absolute Gasteiger partial charge is 0.295 e. The molecule has 5 heteroatoms. The highest BCUT2D eigenvalue weighted by molar-refractivity contribution is 6.42. The van der Waals surface area contributed by atoms with Crippen LogP contribution in [0.5, 0.6) is 0 Å². The van der Waals surface area contributed by atoms with Crippen molar-refractivity contribution in [1.29, 1.82) is 0 Å². The summed E-state index contributed by atoms with van der Waals surface area (Å²) in [5.74, 6) is -0.802. The van der Waals surface area contributed by atoms with E-state index in [2.05, 4.69) is 32.6 Å². The van der Waals surface area contributed by atoms with Crippen LogP contribution in [0, 0.1) is 0 Å². The average Bonchev–Trinajstić information content (AvgIpc) is 2.64. The molecule has 1 atom stereocenters. The third-order valence-corrected chi connectivity index (χ3v) is 5.15. The molecule has 1 aromatic carbocycles. The van der Waals surface area contributed by atoms with Gasteiger partial charge < -0.3 is 9.64 Å². The summed E-state index contributed by atoms with van der Waals surface area (Å²) >= 11 is 0. The summed E-state index contributed by atoms with van der Waals surface area (Å²) in [6.07, 6.45) is 0.946. The number of hydrogen-bond donors (Lipinski definition) is 0. The molecule has 1 fully saturated rings. The number of amides is 1. The van der Waals surface area contributed by atoms with Gasteiger partial charge in [-0.2, -0.15) is 0 Å². The number of benzene rings is 1. The van der Waals surface area contributed by atoms with Crippen molar-refractivity contribution in [3.63, 3.8) is 0 Å². The third-order valence-electron chi connectivity index (χ3n) is 5.15. The summed E-state index contributed by atoms with van der Waals surface area (Å²) in [6, 6.07) is 7.70. The van der Waals surface area contributed by atoms with E-state index in [0.29, 0.717) is 25.3 Å². The van der Waals surface area contributed by atoms with E-state index in [4.69, 9.17) is 4.74 Å². The molecule has 0 spiro atoms. The molecule has 1 aromatic rings. The van der Waals surface area contributed by atoms with Crippen molar-refractivity contribution < 1.29 is 14.3 Å². The lowest BCUT2D eigenvalue weighted by atomic mass is 9.86. The summed E-state index contributed by atoms with van der Waals surface area (Å²) in [5.41, 5.74) is 1.65. The van der Waals surface area contributed by atoms with E-state index in [1.807, 2.05) is 12.1 Å². The minimum Gasteiger partial charge on any atom is -0.383 e. The van der Waals surface area contributed by atoms with E-state index in [1.54, 1.807) is 24.1 Å². The largest absolute Gasteiger partial charge is 0.383 e. The number of Topliss-reactive ketones (excluding diaryl/α,β-unsaturated/α-hetero) is 1. The maximum absolute atomic E-state index is 12.7. The predicted octanol–water partition coefficient (Wildman–Crippen LogP) is 2.74. The van der Waals surface area contributed by atoms with Crippen LogP contribution >= 0.6 is 0 Å². The summed E-state index contributed by atoms with van der Waals surface area (Å²) < 4.78 is 5.16. The fourth-order valence-corrected chi connectivity index (χ4v) is 3.36. The number of rotatable bonds is 6. The molecule has 0 radical (unpaired) electrons. The van der Waals surface area contributed by atoms with E-state index in [-0.39, 0.29) is 11.5 Å². The standard InChI is InChI=1S/C21H32N2O3/c1-6-18-15-23(12-11-22(18)13-14-26-5)20(25)19(24)16-7-9-17(10-8-16)21(2,3)4/h7-10,18H,6,11-15H2,1-5H3. The van der Waals surface area contributed by atoms with Gasteiger partial charge >= 0.3 is 0 Å². The van der Waals surface area contributed by atoms with Crippen molar-refractivity contribution in [3.8, 4) is 0 Å². The summed E-state index contributed by atoms with van der Waals surface area (Å²) in [5, 5.41) is 0. The van der Waals surface area contributed by atoms with Crippen LogP contribution in [0.2, 0.25) is 0 Å². The first-order chi connectivity index (χ1) is 12.3. The number of ketones is 1. The maximum atomic E-state index is 12.7. The SMILES string of the molecule is CCC1CN(C(=O)C(=O)c2ccc(C(C)(C)C)cc2)CCN1CCOC. The fraction of sp³-hybridized carbons (Fsp3) is 0.619. The molecule has 0 saturated carbocycles. The van der Waals surface area contributed by atoms with Crippen LogP contribution in [-0.2, 0) is 14.9 Å². The second-order valence-electron chi connectivity index (χ2n) is 8.00. The van der Waals surface area contributed by atoms with Gasteiger partial charge in [0, 0.05) is 44.9 Å². The van der Waals surface area contributed by atoms with Crippen LogP contribution in [0.15, 0.2) is 24.3 Å². The number of piperazine rings is 1. The van der Waals surface area contributed by atoms with Crippen LogP contribution in [0.1, 0.15) is 50.0 Å². The number of nitrogens with zero attached hydrogens (tertiary/aromatic N) is 2. The lowest BCUT2D eigenvalue weighted by Crippen LogP contribution is -2.56. The van der Waals surface area contributed by atoms with E-state index in [0.717, 1.165) is 25.1 Å². The molecule has 0 aliphatic carbocycles. The minimum absolute atomic E-state index is 0.0263. The van der Waals surface area contributed by atoms with E-state index in [9.17, 15) is 9.59 Å². The first kappa shape index (κ1) is 20.6.